The van der Waals surface area contributed by atoms with Gasteiger partial charge in [0.05, 0.1) is 0 Å². The zero-order valence-corrected chi connectivity index (χ0v) is 8.70. The van der Waals surface area contributed by atoms with Gasteiger partial charge in [0.1, 0.15) is 0 Å². The highest BCUT2D eigenvalue weighted by atomic mass is 16.4. The first-order valence-electron chi connectivity index (χ1n) is 5.83. The maximum absolute atomic E-state index is 10.8. The zero-order chi connectivity index (χ0) is 9.92. The fourth-order valence-electron chi connectivity index (χ4n) is 4.89. The molecule has 0 aromatic rings. The zero-order valence-electron chi connectivity index (χ0n) is 8.70. The van der Waals surface area contributed by atoms with E-state index in [2.05, 4.69) is 6.92 Å². The Labute approximate surface area is 84.7 Å². The summed E-state index contributed by atoms with van der Waals surface area (Å²) in [6.07, 6.45) is 5.81. The second kappa shape index (κ2) is 2.53. The molecule has 2 nitrogen and oxygen atoms in total. The molecule has 0 amide bonds. The predicted molar refractivity (Wildman–Crippen MR) is 52.8 cm³/mol. The summed E-state index contributed by atoms with van der Waals surface area (Å²) in [5, 5.41) is 8.88. The van der Waals surface area contributed by atoms with Gasteiger partial charge in [0.25, 0.3) is 0 Å². The minimum atomic E-state index is -0.590. The first-order chi connectivity index (χ1) is 6.61. The molecule has 3 aliphatic rings. The van der Waals surface area contributed by atoms with Crippen LogP contribution in [-0.4, -0.2) is 11.1 Å². The van der Waals surface area contributed by atoms with Crippen molar-refractivity contribution in [3.63, 3.8) is 0 Å². The second-order valence-electron chi connectivity index (χ2n) is 5.86. The van der Waals surface area contributed by atoms with Crippen LogP contribution in [0.4, 0.5) is 0 Å². The van der Waals surface area contributed by atoms with Crippen molar-refractivity contribution in [2.75, 3.05) is 0 Å². The summed E-state index contributed by atoms with van der Waals surface area (Å²) in [4.78, 5) is 10.8. The van der Waals surface area contributed by atoms with E-state index >= 15 is 0 Å². The van der Waals surface area contributed by atoms with E-state index in [9.17, 15) is 4.79 Å². The molecule has 0 spiro atoms. The number of hydrogen-bond donors (Lipinski definition) is 1. The molecule has 3 fully saturated rings. The summed E-state index contributed by atoms with van der Waals surface area (Å²) < 4.78 is 0. The summed E-state index contributed by atoms with van der Waals surface area (Å²) >= 11 is 0. The lowest BCUT2D eigenvalue weighted by Gasteiger charge is -2.58. The van der Waals surface area contributed by atoms with Crippen LogP contribution in [0, 0.1) is 29.1 Å². The lowest BCUT2D eigenvalue weighted by Crippen LogP contribution is -2.53. The van der Waals surface area contributed by atoms with Crippen molar-refractivity contribution < 1.29 is 9.90 Å². The van der Waals surface area contributed by atoms with E-state index in [0.29, 0.717) is 17.8 Å². The Hall–Kier alpha value is -0.530. The smallest absolute Gasteiger partial charge is 0.303 e. The minimum Gasteiger partial charge on any atom is -0.481 e. The third-order valence-corrected chi connectivity index (χ3v) is 5.34. The molecule has 2 bridgehead atoms. The van der Waals surface area contributed by atoms with Gasteiger partial charge in [0.15, 0.2) is 0 Å². The highest BCUT2D eigenvalue weighted by Crippen LogP contribution is 2.71. The Balaban J connectivity index is 1.82. The Kier molecular flexibility index (Phi) is 1.58. The van der Waals surface area contributed by atoms with Crippen LogP contribution in [0.25, 0.3) is 0 Å². The molecule has 3 saturated carbocycles. The van der Waals surface area contributed by atoms with E-state index in [1.807, 2.05) is 0 Å². The fraction of sp³-hybridized carbons (Fsp3) is 0.917. The van der Waals surface area contributed by atoms with Crippen molar-refractivity contribution in [1.82, 2.24) is 0 Å². The molecule has 1 N–H and O–H groups in total. The predicted octanol–water partition coefficient (Wildman–Crippen LogP) is 2.53. The van der Waals surface area contributed by atoms with Crippen LogP contribution in [-0.2, 0) is 4.79 Å². The van der Waals surface area contributed by atoms with Gasteiger partial charge < -0.3 is 5.11 Å². The van der Waals surface area contributed by atoms with E-state index in [0.717, 1.165) is 17.8 Å². The van der Waals surface area contributed by atoms with Crippen molar-refractivity contribution >= 4 is 5.97 Å². The van der Waals surface area contributed by atoms with Gasteiger partial charge in [-0.2, -0.15) is 0 Å². The van der Waals surface area contributed by atoms with Crippen molar-refractivity contribution in [3.8, 4) is 0 Å². The summed E-state index contributed by atoms with van der Waals surface area (Å²) in [7, 11) is 0. The van der Waals surface area contributed by atoms with Crippen LogP contribution in [0.5, 0.6) is 0 Å². The van der Waals surface area contributed by atoms with Gasteiger partial charge in [0.2, 0.25) is 0 Å². The summed E-state index contributed by atoms with van der Waals surface area (Å²) in [6.45, 7) is 2.40. The first-order valence-corrected chi connectivity index (χ1v) is 5.83. The van der Waals surface area contributed by atoms with Gasteiger partial charge in [-0.05, 0) is 48.3 Å². The molecule has 3 rings (SSSR count). The van der Waals surface area contributed by atoms with Gasteiger partial charge >= 0.3 is 5.97 Å². The molecule has 0 radical (unpaired) electrons. The van der Waals surface area contributed by atoms with Crippen LogP contribution < -0.4 is 0 Å². The van der Waals surface area contributed by atoms with E-state index in [4.69, 9.17) is 5.11 Å². The normalized spacial score (nSPS) is 54.1. The highest BCUT2D eigenvalue weighted by Gasteiger charge is 2.64. The molecule has 0 aliphatic heterocycles. The number of carboxylic acid groups (broad SMARTS) is 1. The number of rotatable bonds is 2. The Morgan fingerprint density at radius 3 is 2.93 bits per heavy atom. The number of hydrogen-bond acceptors (Lipinski definition) is 1. The molecule has 78 valence electrons. The molecule has 2 heteroatoms. The van der Waals surface area contributed by atoms with Crippen LogP contribution in [0.3, 0.4) is 0 Å². The van der Waals surface area contributed by atoms with Gasteiger partial charge in [-0.1, -0.05) is 13.3 Å². The summed E-state index contributed by atoms with van der Waals surface area (Å²) in [6, 6.07) is 0. The highest BCUT2D eigenvalue weighted by molar-refractivity contribution is 5.67. The number of carboxylic acids is 1. The van der Waals surface area contributed by atoms with Gasteiger partial charge in [0, 0.05) is 6.42 Å². The topological polar surface area (TPSA) is 37.3 Å². The fourth-order valence-corrected chi connectivity index (χ4v) is 4.89. The van der Waals surface area contributed by atoms with Crippen molar-refractivity contribution in [2.45, 2.75) is 39.0 Å². The van der Waals surface area contributed by atoms with Gasteiger partial charge in [-0.25, -0.2) is 0 Å². The van der Waals surface area contributed by atoms with Crippen LogP contribution >= 0.6 is 0 Å². The third-order valence-electron chi connectivity index (χ3n) is 5.34. The van der Waals surface area contributed by atoms with Gasteiger partial charge in [-0.3, -0.25) is 4.79 Å². The largest absolute Gasteiger partial charge is 0.481 e. The lowest BCUT2D eigenvalue weighted by molar-refractivity contribution is -0.150. The maximum Gasteiger partial charge on any atom is 0.303 e. The Bertz CT molecular complexity index is 278. The molecule has 5 atom stereocenters. The lowest BCUT2D eigenvalue weighted by atomic mass is 9.46. The molecule has 3 aliphatic carbocycles. The molecule has 0 aromatic carbocycles. The van der Waals surface area contributed by atoms with Crippen molar-refractivity contribution in [1.29, 1.82) is 0 Å². The molecule has 14 heavy (non-hydrogen) atoms. The molecule has 0 heterocycles. The van der Waals surface area contributed by atoms with Crippen LogP contribution in [0.15, 0.2) is 0 Å². The molecule has 0 saturated heterocycles. The molecular formula is C12H18O2. The van der Waals surface area contributed by atoms with Crippen LogP contribution in [0.2, 0.25) is 0 Å². The monoisotopic (exact) mass is 194 g/mol. The van der Waals surface area contributed by atoms with Crippen LogP contribution in [0.1, 0.15) is 39.0 Å². The third kappa shape index (κ3) is 0.896. The van der Waals surface area contributed by atoms with Crippen molar-refractivity contribution in [2.24, 2.45) is 29.1 Å². The van der Waals surface area contributed by atoms with E-state index in [-0.39, 0.29) is 0 Å². The minimum absolute atomic E-state index is 0.428. The number of fused-ring (bicyclic) bond motifs is 1. The van der Waals surface area contributed by atoms with E-state index in [1.165, 1.54) is 25.7 Å². The Morgan fingerprint density at radius 1 is 1.43 bits per heavy atom. The first kappa shape index (κ1) is 8.75. The van der Waals surface area contributed by atoms with Crippen molar-refractivity contribution in [3.05, 3.63) is 0 Å². The van der Waals surface area contributed by atoms with E-state index < -0.39 is 5.97 Å². The Morgan fingerprint density at radius 2 is 2.21 bits per heavy atom. The quantitative estimate of drug-likeness (QED) is 0.733. The standard InChI is InChI=1S/C12H18O2/c1-12-6-7-2-3-9(12)8(5-11(13)14)10(12)4-7/h7-10H,2-6H2,1H3,(H,13,14)/t7-,8-,9+,10-,12+/m0/s1. The average molecular weight is 194 g/mol. The number of aliphatic carboxylic acids is 1. The number of carbonyl (C=O) groups is 1. The SMILES string of the molecule is C[C@@]12C[C@H]3CC[C@@H]1[C@H](CC(=O)O)[C@@H]2C3. The summed E-state index contributed by atoms with van der Waals surface area (Å²) in [5.74, 6) is 2.34. The van der Waals surface area contributed by atoms with Gasteiger partial charge in [-0.15, -0.1) is 0 Å². The molecule has 0 unspecified atom stereocenters. The average Bonchev–Trinajstić information content (AvgIpc) is 2.26. The molecular weight excluding hydrogens is 176 g/mol. The maximum atomic E-state index is 10.8. The van der Waals surface area contributed by atoms with E-state index in [1.54, 1.807) is 0 Å². The second-order valence-corrected chi connectivity index (χ2v) is 5.86. The summed E-state index contributed by atoms with van der Waals surface area (Å²) in [5.41, 5.74) is 0.545. The molecule has 0 aromatic heterocycles.